The van der Waals surface area contributed by atoms with Gasteiger partial charge in [-0.2, -0.15) is 5.10 Å². The standard InChI is InChI=1S/C25H26FN7O/c1-15-21(17-6-11-31(2)24(34)20(17)26)33-19(5-10-29-33)23(30-15)32-12-7-25(8-13-32)14-18-16(22(25)27)4-3-9-28-18/h3-6,9-11,22H,7-8,12-14,27H2,1-2H3/t22-/m1/s1. The molecule has 1 atom stereocenters. The number of fused-ring (bicyclic) bond motifs is 2. The van der Waals surface area contributed by atoms with E-state index in [4.69, 9.17) is 10.7 Å². The van der Waals surface area contributed by atoms with Crippen LogP contribution in [0.2, 0.25) is 0 Å². The fourth-order valence-electron chi connectivity index (χ4n) is 5.70. The lowest BCUT2D eigenvalue weighted by molar-refractivity contribution is 0.187. The summed E-state index contributed by atoms with van der Waals surface area (Å²) in [5, 5.41) is 4.46. The van der Waals surface area contributed by atoms with Gasteiger partial charge in [-0.15, -0.1) is 0 Å². The summed E-state index contributed by atoms with van der Waals surface area (Å²) in [4.78, 5) is 23.9. The summed E-state index contributed by atoms with van der Waals surface area (Å²) in [6, 6.07) is 7.54. The molecule has 0 radical (unpaired) electrons. The molecule has 0 unspecified atom stereocenters. The van der Waals surface area contributed by atoms with E-state index in [9.17, 15) is 9.18 Å². The molecule has 0 aromatic carbocycles. The van der Waals surface area contributed by atoms with Gasteiger partial charge in [0, 0.05) is 49.8 Å². The van der Waals surface area contributed by atoms with Crippen LogP contribution in [-0.4, -0.2) is 37.2 Å². The maximum atomic E-state index is 14.9. The molecular formula is C25H26FN7O. The van der Waals surface area contributed by atoms with E-state index in [-0.39, 0.29) is 17.0 Å². The molecule has 1 aliphatic carbocycles. The van der Waals surface area contributed by atoms with E-state index in [0.717, 1.165) is 49.4 Å². The van der Waals surface area contributed by atoms with Gasteiger partial charge in [0.05, 0.1) is 17.6 Å². The summed E-state index contributed by atoms with van der Waals surface area (Å²) in [6.07, 6.45) is 7.88. The minimum Gasteiger partial charge on any atom is -0.355 e. The molecule has 6 rings (SSSR count). The van der Waals surface area contributed by atoms with Crippen LogP contribution in [0.3, 0.4) is 0 Å². The summed E-state index contributed by atoms with van der Waals surface area (Å²) in [7, 11) is 1.53. The number of rotatable bonds is 2. The number of pyridine rings is 2. The summed E-state index contributed by atoms with van der Waals surface area (Å²) in [6.45, 7) is 3.46. The Hall–Kier alpha value is -3.59. The Bertz CT molecular complexity index is 1480. The van der Waals surface area contributed by atoms with Crippen LogP contribution < -0.4 is 16.2 Å². The SMILES string of the molecule is Cc1nc(N2CCC3(CC2)Cc2ncccc2[C@H]3N)c2ccnn2c1-c1ccn(C)c(=O)c1F. The average Bonchev–Trinajstić information content (AvgIpc) is 3.42. The Morgan fingerprint density at radius 2 is 1.97 bits per heavy atom. The number of hydrogen-bond acceptors (Lipinski definition) is 6. The van der Waals surface area contributed by atoms with Crippen molar-refractivity contribution in [3.05, 3.63) is 76.0 Å². The molecule has 0 bridgehead atoms. The largest absolute Gasteiger partial charge is 0.355 e. The Morgan fingerprint density at radius 3 is 2.74 bits per heavy atom. The number of aryl methyl sites for hydroxylation is 2. The number of halogens is 1. The molecule has 1 aliphatic heterocycles. The molecule has 4 aromatic rings. The first-order valence-corrected chi connectivity index (χ1v) is 11.5. The number of nitrogens with zero attached hydrogens (tertiary/aromatic N) is 6. The lowest BCUT2D eigenvalue weighted by Crippen LogP contribution is -2.44. The summed E-state index contributed by atoms with van der Waals surface area (Å²) < 4.78 is 17.8. The molecule has 174 valence electrons. The van der Waals surface area contributed by atoms with Crippen LogP contribution in [0.5, 0.6) is 0 Å². The number of piperidine rings is 1. The first-order chi connectivity index (χ1) is 16.4. The zero-order chi connectivity index (χ0) is 23.6. The third-order valence-electron chi connectivity index (χ3n) is 7.66. The molecule has 2 N–H and O–H groups in total. The summed E-state index contributed by atoms with van der Waals surface area (Å²) in [5.74, 6) is 0.0165. The zero-order valence-corrected chi connectivity index (χ0v) is 19.2. The van der Waals surface area contributed by atoms with Crippen molar-refractivity contribution in [1.29, 1.82) is 0 Å². The smallest absolute Gasteiger partial charge is 0.286 e. The van der Waals surface area contributed by atoms with Gasteiger partial charge in [-0.3, -0.25) is 9.78 Å². The highest BCUT2D eigenvalue weighted by Crippen LogP contribution is 2.50. The molecule has 4 aromatic heterocycles. The van der Waals surface area contributed by atoms with E-state index < -0.39 is 11.4 Å². The summed E-state index contributed by atoms with van der Waals surface area (Å²) >= 11 is 0. The van der Waals surface area contributed by atoms with Crippen LogP contribution in [0.25, 0.3) is 16.8 Å². The molecule has 34 heavy (non-hydrogen) atoms. The average molecular weight is 460 g/mol. The molecule has 2 aliphatic rings. The van der Waals surface area contributed by atoms with Crippen LogP contribution in [0.15, 0.2) is 47.7 Å². The molecule has 1 spiro atoms. The van der Waals surface area contributed by atoms with Gasteiger partial charge in [0.25, 0.3) is 5.56 Å². The number of nitrogens with two attached hydrogens (primary N) is 1. The quantitative estimate of drug-likeness (QED) is 0.495. The van der Waals surface area contributed by atoms with Gasteiger partial charge in [-0.1, -0.05) is 6.07 Å². The van der Waals surface area contributed by atoms with Gasteiger partial charge in [0.15, 0.2) is 11.6 Å². The molecule has 8 nitrogen and oxygen atoms in total. The highest BCUT2D eigenvalue weighted by Gasteiger charge is 2.46. The van der Waals surface area contributed by atoms with Gasteiger partial charge < -0.3 is 15.2 Å². The van der Waals surface area contributed by atoms with Crippen molar-refractivity contribution < 1.29 is 4.39 Å². The number of anilines is 1. The molecule has 0 amide bonds. The van der Waals surface area contributed by atoms with Gasteiger partial charge in [0.2, 0.25) is 0 Å². The number of hydrogen-bond donors (Lipinski definition) is 1. The van der Waals surface area contributed by atoms with Gasteiger partial charge in [-0.05, 0) is 55.4 Å². The summed E-state index contributed by atoms with van der Waals surface area (Å²) in [5.41, 5.74) is 10.4. The van der Waals surface area contributed by atoms with E-state index in [2.05, 4.69) is 21.0 Å². The van der Waals surface area contributed by atoms with Gasteiger partial charge in [-0.25, -0.2) is 13.9 Å². The fourth-order valence-corrected chi connectivity index (χ4v) is 5.70. The van der Waals surface area contributed by atoms with E-state index in [1.54, 1.807) is 23.0 Å². The second kappa shape index (κ2) is 7.46. The van der Waals surface area contributed by atoms with Crippen molar-refractivity contribution in [1.82, 2.24) is 24.1 Å². The first kappa shape index (κ1) is 21.0. The van der Waals surface area contributed by atoms with Gasteiger partial charge >= 0.3 is 0 Å². The van der Waals surface area contributed by atoms with E-state index in [1.165, 1.54) is 17.2 Å². The minimum atomic E-state index is -0.803. The predicted molar refractivity (Wildman–Crippen MR) is 127 cm³/mol. The van der Waals surface area contributed by atoms with Crippen LogP contribution in [0, 0.1) is 18.2 Å². The molecule has 1 fully saturated rings. The van der Waals surface area contributed by atoms with E-state index in [1.807, 2.05) is 25.3 Å². The zero-order valence-electron chi connectivity index (χ0n) is 19.2. The van der Waals surface area contributed by atoms with Crippen molar-refractivity contribution in [2.45, 2.75) is 32.2 Å². The lowest BCUT2D eigenvalue weighted by atomic mass is 9.73. The Balaban J connectivity index is 1.35. The van der Waals surface area contributed by atoms with Crippen molar-refractivity contribution in [3.63, 3.8) is 0 Å². The molecule has 0 saturated carbocycles. The second-order valence-corrected chi connectivity index (χ2v) is 9.50. The monoisotopic (exact) mass is 459 g/mol. The second-order valence-electron chi connectivity index (χ2n) is 9.50. The highest BCUT2D eigenvalue weighted by molar-refractivity contribution is 5.75. The fraction of sp³-hybridized carbons (Fsp3) is 0.360. The Kier molecular flexibility index (Phi) is 4.60. The maximum absolute atomic E-state index is 14.9. The van der Waals surface area contributed by atoms with Crippen LogP contribution in [0.4, 0.5) is 10.2 Å². The number of aromatic nitrogens is 5. The molecule has 9 heteroatoms. The minimum absolute atomic E-state index is 0.00548. The van der Waals surface area contributed by atoms with E-state index >= 15 is 0 Å². The third kappa shape index (κ3) is 2.93. The van der Waals surface area contributed by atoms with Crippen molar-refractivity contribution in [3.8, 4) is 11.3 Å². The van der Waals surface area contributed by atoms with Crippen molar-refractivity contribution >= 4 is 11.3 Å². The van der Waals surface area contributed by atoms with Crippen molar-refractivity contribution in [2.75, 3.05) is 18.0 Å². The first-order valence-electron chi connectivity index (χ1n) is 11.5. The van der Waals surface area contributed by atoms with Crippen molar-refractivity contribution in [2.24, 2.45) is 18.2 Å². The molecular weight excluding hydrogens is 433 g/mol. The van der Waals surface area contributed by atoms with Crippen LogP contribution in [0.1, 0.15) is 35.8 Å². The Labute approximate surface area is 195 Å². The van der Waals surface area contributed by atoms with Crippen LogP contribution in [-0.2, 0) is 13.5 Å². The van der Waals surface area contributed by atoms with Crippen LogP contribution >= 0.6 is 0 Å². The lowest BCUT2D eigenvalue weighted by Gasteiger charge is -2.42. The maximum Gasteiger partial charge on any atom is 0.286 e. The normalized spacial score (nSPS) is 19.2. The third-order valence-corrected chi connectivity index (χ3v) is 7.66. The molecule has 1 saturated heterocycles. The van der Waals surface area contributed by atoms with E-state index in [0.29, 0.717) is 11.4 Å². The predicted octanol–water partition coefficient (Wildman–Crippen LogP) is 2.78. The Morgan fingerprint density at radius 1 is 1.18 bits per heavy atom. The van der Waals surface area contributed by atoms with Gasteiger partial charge in [0.1, 0.15) is 5.52 Å². The molecule has 5 heterocycles. The highest BCUT2D eigenvalue weighted by atomic mass is 19.1. The topological polar surface area (TPSA) is 94.3 Å².